The summed E-state index contributed by atoms with van der Waals surface area (Å²) in [6.45, 7) is 2.33. The number of hydrogen-bond donors (Lipinski definition) is 1. The second-order valence-electron chi connectivity index (χ2n) is 4.89. The average molecular weight is 315 g/mol. The number of aryl methyl sites for hydroxylation is 1. The molecule has 0 radical (unpaired) electrons. The van der Waals surface area contributed by atoms with Gasteiger partial charge in [-0.2, -0.15) is 0 Å². The number of amides is 1. The molecular weight excluding hydrogens is 298 g/mol. The fraction of sp³-hybridized carbons (Fsp3) is 0.250. The molecule has 0 spiro atoms. The van der Waals surface area contributed by atoms with Crippen molar-refractivity contribution in [2.45, 2.75) is 13.5 Å². The molecule has 1 amide bonds. The van der Waals surface area contributed by atoms with Crippen molar-refractivity contribution in [1.29, 1.82) is 0 Å². The van der Waals surface area contributed by atoms with Crippen molar-refractivity contribution in [2.24, 2.45) is 0 Å². The molecule has 2 aromatic rings. The maximum absolute atomic E-state index is 11.9. The Morgan fingerprint density at radius 3 is 2.61 bits per heavy atom. The molecule has 0 aliphatic heterocycles. The lowest BCUT2D eigenvalue weighted by atomic mass is 10.2. The summed E-state index contributed by atoms with van der Waals surface area (Å²) in [5.74, 6) is -0.789. The smallest absolute Gasteiger partial charge is 0.339 e. The van der Waals surface area contributed by atoms with Crippen LogP contribution in [0.4, 0.5) is 0 Å². The third kappa shape index (κ3) is 4.26. The summed E-state index contributed by atoms with van der Waals surface area (Å²) in [6.07, 6.45) is 2.91. The number of rotatable bonds is 5. The lowest BCUT2D eigenvalue weighted by Gasteiger charge is -2.09. The van der Waals surface area contributed by atoms with Crippen LogP contribution in [0, 0.1) is 6.92 Å². The Kier molecular flexibility index (Phi) is 5.24. The highest BCUT2D eigenvalue weighted by atomic mass is 16.5. The van der Waals surface area contributed by atoms with E-state index in [0.717, 1.165) is 5.69 Å². The van der Waals surface area contributed by atoms with Gasteiger partial charge >= 0.3 is 5.97 Å². The van der Waals surface area contributed by atoms with E-state index < -0.39 is 5.97 Å². The molecule has 0 fully saturated rings. The van der Waals surface area contributed by atoms with E-state index >= 15 is 0 Å². The number of nitrogens with zero attached hydrogens (tertiary/aromatic N) is 2. The number of ether oxygens (including phenoxy) is 1. The quantitative estimate of drug-likeness (QED) is 0.823. The molecule has 0 bridgehead atoms. The Bertz CT molecular complexity index is 766. The molecule has 0 aromatic carbocycles. The Balaban J connectivity index is 1.98. The summed E-state index contributed by atoms with van der Waals surface area (Å²) in [4.78, 5) is 39.2. The maximum Gasteiger partial charge on any atom is 0.339 e. The summed E-state index contributed by atoms with van der Waals surface area (Å²) in [5.41, 5.74) is 1.30. The minimum Gasteiger partial charge on any atom is -0.465 e. The van der Waals surface area contributed by atoms with Crippen LogP contribution >= 0.6 is 0 Å². The van der Waals surface area contributed by atoms with E-state index in [1.165, 1.54) is 36.2 Å². The van der Waals surface area contributed by atoms with Gasteiger partial charge in [0.15, 0.2) is 0 Å². The summed E-state index contributed by atoms with van der Waals surface area (Å²) >= 11 is 0. The number of carbonyl (C=O) groups excluding carboxylic acids is 2. The van der Waals surface area contributed by atoms with Gasteiger partial charge in [0.2, 0.25) is 0 Å². The fourth-order valence-corrected chi connectivity index (χ4v) is 1.94. The number of esters is 1. The van der Waals surface area contributed by atoms with Gasteiger partial charge < -0.3 is 14.6 Å². The molecule has 2 heterocycles. The zero-order chi connectivity index (χ0) is 16.8. The summed E-state index contributed by atoms with van der Waals surface area (Å²) in [6, 6.07) is 6.13. The molecule has 7 nitrogen and oxygen atoms in total. The van der Waals surface area contributed by atoms with E-state index in [-0.39, 0.29) is 30.1 Å². The van der Waals surface area contributed by atoms with Crippen LogP contribution in [0.25, 0.3) is 0 Å². The first-order valence-electron chi connectivity index (χ1n) is 7.01. The van der Waals surface area contributed by atoms with Gasteiger partial charge in [-0.25, -0.2) is 4.79 Å². The average Bonchev–Trinajstić information content (AvgIpc) is 2.56. The second kappa shape index (κ2) is 7.35. The van der Waals surface area contributed by atoms with Gasteiger partial charge in [0, 0.05) is 37.2 Å². The molecule has 7 heteroatoms. The van der Waals surface area contributed by atoms with E-state index in [1.807, 2.05) is 6.92 Å². The zero-order valence-corrected chi connectivity index (χ0v) is 12.9. The van der Waals surface area contributed by atoms with Gasteiger partial charge in [-0.05, 0) is 25.1 Å². The highest BCUT2D eigenvalue weighted by Gasteiger charge is 2.08. The highest BCUT2D eigenvalue weighted by molar-refractivity contribution is 5.93. The van der Waals surface area contributed by atoms with Crippen LogP contribution in [0.5, 0.6) is 0 Å². The van der Waals surface area contributed by atoms with Crippen molar-refractivity contribution in [1.82, 2.24) is 14.9 Å². The van der Waals surface area contributed by atoms with Crippen molar-refractivity contribution in [3.8, 4) is 0 Å². The van der Waals surface area contributed by atoms with Gasteiger partial charge in [-0.1, -0.05) is 0 Å². The largest absolute Gasteiger partial charge is 0.465 e. The normalized spacial score (nSPS) is 10.2. The predicted molar refractivity (Wildman–Crippen MR) is 83.3 cm³/mol. The van der Waals surface area contributed by atoms with Crippen molar-refractivity contribution in [3.63, 3.8) is 0 Å². The Hall–Kier alpha value is -2.96. The van der Waals surface area contributed by atoms with Crippen molar-refractivity contribution in [3.05, 3.63) is 63.8 Å². The number of hydrogen-bond acceptors (Lipinski definition) is 5. The number of nitrogens with one attached hydrogen (secondary N) is 1. The van der Waals surface area contributed by atoms with E-state index in [9.17, 15) is 14.4 Å². The standard InChI is InChI=1S/C16H17N3O4/c1-11-3-4-12(9-18-11)15(21)17-7-8-19-10-13(16(22)23-2)5-6-14(19)20/h3-6,9-10H,7-8H2,1-2H3,(H,17,21). The number of methoxy groups -OCH3 is 1. The van der Waals surface area contributed by atoms with Crippen molar-refractivity contribution < 1.29 is 14.3 Å². The third-order valence-corrected chi connectivity index (χ3v) is 3.22. The van der Waals surface area contributed by atoms with Crippen LogP contribution < -0.4 is 10.9 Å². The topological polar surface area (TPSA) is 90.3 Å². The van der Waals surface area contributed by atoms with Gasteiger partial charge in [0.1, 0.15) is 0 Å². The molecule has 0 saturated heterocycles. The van der Waals surface area contributed by atoms with E-state index in [2.05, 4.69) is 15.0 Å². The minimum absolute atomic E-state index is 0.245. The molecule has 0 aliphatic rings. The number of pyridine rings is 2. The van der Waals surface area contributed by atoms with Crippen LogP contribution in [-0.2, 0) is 11.3 Å². The monoisotopic (exact) mass is 315 g/mol. The van der Waals surface area contributed by atoms with Gasteiger partial charge in [0.25, 0.3) is 11.5 Å². The van der Waals surface area contributed by atoms with Crippen molar-refractivity contribution in [2.75, 3.05) is 13.7 Å². The van der Waals surface area contributed by atoms with E-state index in [1.54, 1.807) is 12.1 Å². The summed E-state index contributed by atoms with van der Waals surface area (Å²) < 4.78 is 5.96. The Morgan fingerprint density at radius 1 is 1.22 bits per heavy atom. The van der Waals surface area contributed by atoms with Gasteiger partial charge in [-0.15, -0.1) is 0 Å². The SMILES string of the molecule is COC(=O)c1ccc(=O)n(CCNC(=O)c2ccc(C)nc2)c1. The fourth-order valence-electron chi connectivity index (χ4n) is 1.94. The molecule has 0 unspecified atom stereocenters. The van der Waals surface area contributed by atoms with Crippen LogP contribution in [-0.4, -0.2) is 35.1 Å². The predicted octanol–water partition coefficient (Wildman–Crippen LogP) is 0.768. The number of carbonyl (C=O) groups is 2. The first-order chi connectivity index (χ1) is 11.0. The molecular formula is C16H17N3O4. The minimum atomic E-state index is -0.520. The van der Waals surface area contributed by atoms with Gasteiger partial charge in [-0.3, -0.25) is 14.6 Å². The van der Waals surface area contributed by atoms with Crippen LogP contribution in [0.15, 0.2) is 41.5 Å². The van der Waals surface area contributed by atoms with Crippen LogP contribution in [0.1, 0.15) is 26.4 Å². The zero-order valence-electron chi connectivity index (χ0n) is 12.9. The molecule has 0 aliphatic carbocycles. The van der Waals surface area contributed by atoms with E-state index in [4.69, 9.17) is 0 Å². The molecule has 2 aromatic heterocycles. The Labute approximate surface area is 132 Å². The maximum atomic E-state index is 11.9. The van der Waals surface area contributed by atoms with Crippen molar-refractivity contribution >= 4 is 11.9 Å². The van der Waals surface area contributed by atoms with E-state index in [0.29, 0.717) is 5.56 Å². The number of aromatic nitrogens is 2. The lowest BCUT2D eigenvalue weighted by Crippen LogP contribution is -2.31. The van der Waals surface area contributed by atoms with Crippen LogP contribution in [0.3, 0.4) is 0 Å². The lowest BCUT2D eigenvalue weighted by molar-refractivity contribution is 0.0599. The molecule has 2 rings (SSSR count). The second-order valence-corrected chi connectivity index (χ2v) is 4.89. The Morgan fingerprint density at radius 2 is 1.96 bits per heavy atom. The van der Waals surface area contributed by atoms with Crippen LogP contribution in [0.2, 0.25) is 0 Å². The van der Waals surface area contributed by atoms with Gasteiger partial charge in [0.05, 0.1) is 18.2 Å². The molecule has 0 saturated carbocycles. The highest BCUT2D eigenvalue weighted by Crippen LogP contribution is 2.00. The molecule has 0 atom stereocenters. The molecule has 1 N–H and O–H groups in total. The third-order valence-electron chi connectivity index (χ3n) is 3.22. The molecule has 23 heavy (non-hydrogen) atoms. The first-order valence-corrected chi connectivity index (χ1v) is 7.01. The summed E-state index contributed by atoms with van der Waals surface area (Å²) in [5, 5.41) is 2.70. The first kappa shape index (κ1) is 16.4. The summed E-state index contributed by atoms with van der Waals surface area (Å²) in [7, 11) is 1.27. The molecule has 120 valence electrons.